The van der Waals surface area contributed by atoms with E-state index in [9.17, 15) is 0 Å². The first kappa shape index (κ1) is 13.7. The number of hydrogen-bond donors (Lipinski definition) is 0. The van der Waals surface area contributed by atoms with Gasteiger partial charge in [0.05, 0.1) is 0 Å². The van der Waals surface area contributed by atoms with E-state index in [0.29, 0.717) is 6.42 Å². The minimum atomic E-state index is -0.931. The zero-order valence-electron chi connectivity index (χ0n) is 6.27. The van der Waals surface area contributed by atoms with E-state index in [4.69, 9.17) is 28.9 Å². The van der Waals surface area contributed by atoms with Crippen molar-refractivity contribution in [2.24, 2.45) is 0 Å². The van der Waals surface area contributed by atoms with Crippen LogP contribution in [-0.4, -0.2) is 20.5 Å². The van der Waals surface area contributed by atoms with E-state index in [2.05, 4.69) is 6.92 Å². The summed E-state index contributed by atoms with van der Waals surface area (Å²) in [4.78, 5) is 0. The molecule has 1 radical (unpaired) electrons. The van der Waals surface area contributed by atoms with Gasteiger partial charge in [-0.15, -0.1) is 0 Å². The predicted octanol–water partition coefficient (Wildman–Crippen LogP) is 2.21. The van der Waals surface area contributed by atoms with Crippen LogP contribution in [0.2, 0.25) is 0 Å². The van der Waals surface area contributed by atoms with Crippen LogP contribution in [0.5, 0.6) is 0 Å². The second-order valence-corrected chi connectivity index (χ2v) is 5.91. The standard InChI is InChI=1S/C5H11O2.2ClH.Zn/c1-4-5(6-2)7-3;;;/h5H,1,4H2,2-3H3;2*1H;/q;;;+2/p-2. The van der Waals surface area contributed by atoms with Gasteiger partial charge in [-0.05, 0) is 13.3 Å². The van der Waals surface area contributed by atoms with E-state index in [1.165, 1.54) is 0 Å². The fraction of sp³-hybridized carbons (Fsp3) is 0.800. The van der Waals surface area contributed by atoms with Gasteiger partial charge in [-0.2, -0.15) is 0 Å². The molecule has 2 nitrogen and oxygen atoms in total. The molecule has 0 heterocycles. The van der Waals surface area contributed by atoms with Crippen LogP contribution >= 0.6 is 19.4 Å². The molecule has 0 aliphatic heterocycles. The SMILES string of the molecule is [CH2]CC(OC)OC.[Cl][Zn][Cl]. The molecule has 5 heteroatoms. The average molecular weight is 239 g/mol. The van der Waals surface area contributed by atoms with Crippen molar-refractivity contribution < 1.29 is 24.6 Å². The maximum absolute atomic E-state index is 4.95. The first-order valence-corrected chi connectivity index (χ1v) is 10.5. The fourth-order valence-electron chi connectivity index (χ4n) is 0.332. The Bertz CT molecular complexity index is 47.4. The molecule has 0 aliphatic rings. The Kier molecular flexibility index (Phi) is 17.5. The molecule has 10 heavy (non-hydrogen) atoms. The number of hydrogen-bond acceptors (Lipinski definition) is 2. The molecule has 59 valence electrons. The molecule has 0 amide bonds. The van der Waals surface area contributed by atoms with Gasteiger partial charge in [-0.3, -0.25) is 0 Å². The van der Waals surface area contributed by atoms with Crippen molar-refractivity contribution in [2.75, 3.05) is 14.2 Å². The van der Waals surface area contributed by atoms with Crippen LogP contribution in [0.1, 0.15) is 6.42 Å². The van der Waals surface area contributed by atoms with E-state index in [1.54, 1.807) is 14.2 Å². The summed E-state index contributed by atoms with van der Waals surface area (Å²) in [6.45, 7) is 3.58. The van der Waals surface area contributed by atoms with E-state index in [1.807, 2.05) is 0 Å². The maximum atomic E-state index is 4.95. The summed E-state index contributed by atoms with van der Waals surface area (Å²) in [6, 6.07) is 0. The van der Waals surface area contributed by atoms with Crippen molar-refractivity contribution in [3.63, 3.8) is 0 Å². The normalized spacial score (nSPS) is 8.20. The minimum absolute atomic E-state index is 0.125. The van der Waals surface area contributed by atoms with E-state index >= 15 is 0 Å². The second-order valence-electron chi connectivity index (χ2n) is 1.29. The Morgan fingerprint density at radius 1 is 1.40 bits per heavy atom. The zero-order valence-corrected chi connectivity index (χ0v) is 10.8. The molecule has 0 aromatic heterocycles. The van der Waals surface area contributed by atoms with Crippen LogP contribution in [0.25, 0.3) is 0 Å². The summed E-state index contributed by atoms with van der Waals surface area (Å²) in [7, 11) is 13.1. The molecule has 0 aromatic carbocycles. The molecule has 0 aromatic rings. The fourth-order valence-corrected chi connectivity index (χ4v) is 0.332. The number of rotatable bonds is 3. The van der Waals surface area contributed by atoms with E-state index in [0.717, 1.165) is 0 Å². The van der Waals surface area contributed by atoms with E-state index in [-0.39, 0.29) is 6.29 Å². The molecule has 0 fully saturated rings. The Balaban J connectivity index is 0. The van der Waals surface area contributed by atoms with Crippen LogP contribution in [0.3, 0.4) is 0 Å². The molecule has 0 atom stereocenters. The van der Waals surface area contributed by atoms with Crippen LogP contribution in [0.4, 0.5) is 0 Å². The van der Waals surface area contributed by atoms with Gasteiger partial charge in [0.15, 0.2) is 6.29 Å². The summed E-state index contributed by atoms with van der Waals surface area (Å²) in [5, 5.41) is 0. The molecule has 0 saturated heterocycles. The molecular formula is C5H11Cl2O2Zn. The van der Waals surface area contributed by atoms with Gasteiger partial charge in [-0.25, -0.2) is 0 Å². The van der Waals surface area contributed by atoms with Crippen molar-refractivity contribution in [1.82, 2.24) is 0 Å². The summed E-state index contributed by atoms with van der Waals surface area (Å²) < 4.78 is 9.53. The topological polar surface area (TPSA) is 18.5 Å². The van der Waals surface area contributed by atoms with Crippen LogP contribution < -0.4 is 0 Å². The Morgan fingerprint density at radius 2 is 1.70 bits per heavy atom. The van der Waals surface area contributed by atoms with Gasteiger partial charge in [0.25, 0.3) is 0 Å². The molecule has 0 saturated carbocycles. The summed E-state index contributed by atoms with van der Waals surface area (Å²) in [6.07, 6.45) is 0.535. The van der Waals surface area contributed by atoms with Crippen LogP contribution in [0, 0.1) is 6.92 Å². The van der Waals surface area contributed by atoms with Gasteiger partial charge in [0.2, 0.25) is 0 Å². The second kappa shape index (κ2) is 12.8. The van der Waals surface area contributed by atoms with Crippen molar-refractivity contribution in [2.45, 2.75) is 12.7 Å². The van der Waals surface area contributed by atoms with Crippen molar-refractivity contribution in [3.05, 3.63) is 6.92 Å². The summed E-state index contributed by atoms with van der Waals surface area (Å²) >= 11 is -0.931. The van der Waals surface area contributed by atoms with Gasteiger partial charge in [0.1, 0.15) is 0 Å². The van der Waals surface area contributed by atoms with Gasteiger partial charge >= 0.3 is 34.5 Å². The number of ether oxygens (including phenoxy) is 2. The van der Waals surface area contributed by atoms with Crippen LogP contribution in [0.15, 0.2) is 0 Å². The molecule has 0 spiro atoms. The molecular weight excluding hydrogens is 228 g/mol. The van der Waals surface area contributed by atoms with E-state index < -0.39 is 15.1 Å². The third kappa shape index (κ3) is 11.9. The third-order valence-corrected chi connectivity index (χ3v) is 0.761. The molecule has 0 N–H and O–H groups in total. The Labute approximate surface area is 77.9 Å². The Hall–Kier alpha value is 1.12. The zero-order chi connectivity index (χ0) is 8.41. The van der Waals surface area contributed by atoms with Crippen LogP contribution in [-0.2, 0) is 24.6 Å². The van der Waals surface area contributed by atoms with Crippen molar-refractivity contribution in [1.29, 1.82) is 0 Å². The number of methoxy groups -OCH3 is 2. The molecule has 0 aliphatic carbocycles. The first-order chi connectivity index (χ1) is 4.76. The summed E-state index contributed by atoms with van der Waals surface area (Å²) in [5.41, 5.74) is 0. The predicted molar refractivity (Wildman–Crippen MR) is 39.5 cm³/mol. The summed E-state index contributed by atoms with van der Waals surface area (Å²) in [5.74, 6) is 0. The van der Waals surface area contributed by atoms with Gasteiger partial charge in [-0.1, -0.05) is 0 Å². The Morgan fingerprint density at radius 3 is 1.70 bits per heavy atom. The molecule has 0 bridgehead atoms. The third-order valence-electron chi connectivity index (χ3n) is 0.761. The molecule has 0 rings (SSSR count). The monoisotopic (exact) mass is 237 g/mol. The van der Waals surface area contributed by atoms with Gasteiger partial charge < -0.3 is 9.47 Å². The van der Waals surface area contributed by atoms with Crippen molar-refractivity contribution >= 4 is 19.4 Å². The first-order valence-electron chi connectivity index (χ1n) is 2.73. The molecule has 0 unspecified atom stereocenters. The van der Waals surface area contributed by atoms with Gasteiger partial charge in [0, 0.05) is 14.2 Å². The quantitative estimate of drug-likeness (QED) is 0.555. The average Bonchev–Trinajstić information content (AvgIpc) is 1.93. The number of halogens is 2. The van der Waals surface area contributed by atoms with Crippen molar-refractivity contribution in [3.8, 4) is 0 Å².